The summed E-state index contributed by atoms with van der Waals surface area (Å²) in [6, 6.07) is 0. The van der Waals surface area contributed by atoms with Crippen LogP contribution in [0.5, 0.6) is 0 Å². The zero-order valence-electron chi connectivity index (χ0n) is 4.33. The average Bonchev–Trinajstić information content (AvgIpc) is 1.66. The third-order valence-electron chi connectivity index (χ3n) is 0.386. The fourth-order valence-electron chi connectivity index (χ4n) is 0.178. The molecule has 2 radical (unpaired) electrons. The molecule has 0 amide bonds. The molecule has 1 atom stereocenters. The van der Waals surface area contributed by atoms with Crippen LogP contribution in [0.4, 0.5) is 0 Å². The highest BCUT2D eigenvalue weighted by Crippen LogP contribution is 2.02. The van der Waals surface area contributed by atoms with Crippen LogP contribution in [0.2, 0.25) is 0 Å². The van der Waals surface area contributed by atoms with Crippen LogP contribution in [0.3, 0.4) is 0 Å². The van der Waals surface area contributed by atoms with Gasteiger partial charge in [-0.25, -0.2) is 0 Å². The van der Waals surface area contributed by atoms with Crippen LogP contribution in [0.15, 0.2) is 0 Å². The molecule has 0 aliphatic carbocycles. The number of carbonyl (C=O) groups excluding carboxylic acids is 1. The number of nitrogens with one attached hydrogen (secondary N) is 1. The molecular weight excluding hydrogens is 139 g/mol. The van der Waals surface area contributed by atoms with E-state index in [9.17, 15) is 4.79 Å². The molecule has 0 aromatic rings. The minimum Gasteiger partial charge on any atom is -0.302 e. The average molecular weight is 145 g/mol. The molecular formula is C2H6B2NOPS. The van der Waals surface area contributed by atoms with Gasteiger partial charge >= 0.3 is 0 Å². The molecule has 0 rings (SSSR count). The van der Waals surface area contributed by atoms with Gasteiger partial charge in [0.05, 0.1) is 6.54 Å². The summed E-state index contributed by atoms with van der Waals surface area (Å²) >= 11 is 1.32. The van der Waals surface area contributed by atoms with E-state index in [1.165, 1.54) is 11.8 Å². The Hall–Kier alpha value is 0.540. The molecule has 1 unspecified atom stereocenters. The molecule has 42 valence electrons. The topological polar surface area (TPSA) is 29.1 Å². The predicted octanol–water partition coefficient (Wildman–Crippen LogP) is -0.548. The molecule has 0 aliphatic heterocycles. The summed E-state index contributed by atoms with van der Waals surface area (Å²) < 4.78 is 2.74. The summed E-state index contributed by atoms with van der Waals surface area (Å²) in [5.41, 5.74) is -0.0325. The molecule has 0 fully saturated rings. The number of carbonyl (C=O) groups is 1. The van der Waals surface area contributed by atoms with Gasteiger partial charge in [0.2, 0.25) is 0 Å². The van der Waals surface area contributed by atoms with Gasteiger partial charge in [0.15, 0.2) is 5.60 Å². The van der Waals surface area contributed by atoms with Crippen molar-refractivity contribution in [3.05, 3.63) is 0 Å². The second kappa shape index (κ2) is 5.67. The van der Waals surface area contributed by atoms with Crippen LogP contribution in [0.1, 0.15) is 0 Å². The van der Waals surface area contributed by atoms with E-state index in [1.807, 2.05) is 0 Å². The first kappa shape index (κ1) is 8.54. The largest absolute Gasteiger partial charge is 0.302 e. The lowest BCUT2D eigenvalue weighted by Crippen LogP contribution is -2.12. The van der Waals surface area contributed by atoms with E-state index >= 15 is 0 Å². The van der Waals surface area contributed by atoms with Crippen molar-refractivity contribution in [1.82, 2.24) is 4.72 Å². The van der Waals surface area contributed by atoms with Gasteiger partial charge in [0.25, 0.3) is 0 Å². The van der Waals surface area contributed by atoms with Crippen molar-refractivity contribution in [3.8, 4) is 0 Å². The number of rotatable bonds is 4. The van der Waals surface area contributed by atoms with Crippen molar-refractivity contribution < 1.29 is 4.79 Å². The monoisotopic (exact) mass is 145 g/mol. The quantitative estimate of drug-likeness (QED) is 0.189. The highest BCUT2D eigenvalue weighted by Gasteiger charge is 1.94. The van der Waals surface area contributed by atoms with Gasteiger partial charge in [0.1, 0.15) is 6.29 Å². The zero-order chi connectivity index (χ0) is 6.41. The molecule has 2 nitrogen and oxygen atoms in total. The summed E-state index contributed by atoms with van der Waals surface area (Å²) in [6.45, 7) is 0.354. The smallest absolute Gasteiger partial charge is 0.199 e. The van der Waals surface area contributed by atoms with Crippen LogP contribution in [-0.4, -0.2) is 26.2 Å². The van der Waals surface area contributed by atoms with Crippen LogP contribution >= 0.6 is 20.9 Å². The van der Waals surface area contributed by atoms with Crippen molar-refractivity contribution >= 4 is 40.5 Å². The number of hydrogen-bond acceptors (Lipinski definition) is 3. The fourth-order valence-corrected chi connectivity index (χ4v) is 0.824. The maximum Gasteiger partial charge on any atom is 0.199 e. The maximum absolute atomic E-state index is 9.66. The molecule has 6 heteroatoms. The Morgan fingerprint density at radius 1 is 2.00 bits per heavy atom. The lowest BCUT2D eigenvalue weighted by molar-refractivity contribution is -0.106. The van der Waals surface area contributed by atoms with Crippen molar-refractivity contribution in [3.63, 3.8) is 0 Å². The Morgan fingerprint density at radius 2 is 2.62 bits per heavy atom. The summed E-state index contributed by atoms with van der Waals surface area (Å²) in [7, 11) is 7.67. The Labute approximate surface area is 57.2 Å². The van der Waals surface area contributed by atoms with E-state index in [1.54, 1.807) is 0 Å². The van der Waals surface area contributed by atoms with Crippen molar-refractivity contribution in [2.24, 2.45) is 0 Å². The lowest BCUT2D eigenvalue weighted by Gasteiger charge is -1.98. The van der Waals surface area contributed by atoms with Crippen molar-refractivity contribution in [2.45, 2.75) is 0 Å². The Morgan fingerprint density at radius 3 is 3.00 bits per heavy atom. The standard InChI is InChI=1S/C2H6B2NOPS/c3-4(7)8-5-1-2-6/h2,5H,1,7H2. The Kier molecular flexibility index (Phi) is 6.06. The molecule has 0 spiro atoms. The van der Waals surface area contributed by atoms with Crippen LogP contribution in [0, 0.1) is 0 Å². The highest BCUT2D eigenvalue weighted by atomic mass is 32.2. The third kappa shape index (κ3) is 6.54. The van der Waals surface area contributed by atoms with Crippen LogP contribution < -0.4 is 4.72 Å². The molecule has 0 bridgehead atoms. The van der Waals surface area contributed by atoms with Crippen LogP contribution in [-0.2, 0) is 4.79 Å². The molecule has 8 heavy (non-hydrogen) atoms. The Bertz CT molecular complexity index is 73.1. The third-order valence-corrected chi connectivity index (χ3v) is 1.40. The summed E-state index contributed by atoms with van der Waals surface area (Å²) in [5, 5.41) is 0. The number of aldehydes is 1. The fraction of sp³-hybridized carbons (Fsp3) is 0.500. The van der Waals surface area contributed by atoms with E-state index in [0.29, 0.717) is 6.54 Å². The summed E-state index contributed by atoms with van der Waals surface area (Å²) in [4.78, 5) is 9.66. The molecule has 1 N–H and O–H groups in total. The van der Waals surface area contributed by atoms with Gasteiger partial charge in [-0.15, -0.1) is 11.8 Å². The van der Waals surface area contributed by atoms with E-state index in [4.69, 9.17) is 7.74 Å². The second-order valence-corrected chi connectivity index (χ2v) is 3.37. The number of hydrogen-bond donors (Lipinski definition) is 1. The lowest BCUT2D eigenvalue weighted by atomic mass is 9.76. The second-order valence-electron chi connectivity index (χ2n) is 1.10. The SMILES string of the molecule is [B]B(P)SNCC=O. The van der Waals surface area contributed by atoms with Gasteiger partial charge < -0.3 is 4.79 Å². The zero-order valence-corrected chi connectivity index (χ0v) is 6.30. The van der Waals surface area contributed by atoms with Gasteiger partial charge in [-0.3, -0.25) is 4.72 Å². The minimum atomic E-state index is -0.0325. The predicted molar refractivity (Wildman–Crippen MR) is 42.9 cm³/mol. The van der Waals surface area contributed by atoms with E-state index in [-0.39, 0.29) is 5.60 Å². The summed E-state index contributed by atoms with van der Waals surface area (Å²) in [5.74, 6) is 0. The van der Waals surface area contributed by atoms with E-state index in [2.05, 4.69) is 13.8 Å². The minimum absolute atomic E-state index is 0.0325. The van der Waals surface area contributed by atoms with E-state index in [0.717, 1.165) is 6.29 Å². The normalized spacial score (nSPS) is 8.62. The van der Waals surface area contributed by atoms with Gasteiger partial charge in [0, 0.05) is 7.74 Å². The van der Waals surface area contributed by atoms with Gasteiger partial charge in [-0.1, -0.05) is 0 Å². The van der Waals surface area contributed by atoms with Crippen molar-refractivity contribution in [1.29, 1.82) is 0 Å². The van der Waals surface area contributed by atoms with Gasteiger partial charge in [-0.2, -0.15) is 9.12 Å². The van der Waals surface area contributed by atoms with E-state index < -0.39 is 0 Å². The molecule has 0 saturated heterocycles. The van der Waals surface area contributed by atoms with Gasteiger partial charge in [-0.05, 0) is 0 Å². The first-order chi connectivity index (χ1) is 3.77. The maximum atomic E-state index is 9.66. The molecule has 0 saturated carbocycles. The molecule has 0 aromatic carbocycles. The highest BCUT2D eigenvalue weighted by molar-refractivity contribution is 8.39. The van der Waals surface area contributed by atoms with Crippen molar-refractivity contribution in [2.75, 3.05) is 6.54 Å². The summed E-state index contributed by atoms with van der Waals surface area (Å²) in [6.07, 6.45) is 0.792. The molecule has 0 heterocycles. The molecule has 0 aliphatic rings. The first-order valence-electron chi connectivity index (χ1n) is 2.10. The van der Waals surface area contributed by atoms with Crippen LogP contribution in [0.25, 0.3) is 0 Å². The Balaban J connectivity index is 2.81. The first-order valence-corrected chi connectivity index (χ1v) is 3.65. The molecule has 0 aromatic heterocycles.